The van der Waals surface area contributed by atoms with Crippen molar-refractivity contribution < 1.29 is 0 Å². The minimum absolute atomic E-state index is 0.365. The van der Waals surface area contributed by atoms with Crippen LogP contribution >= 0.6 is 11.6 Å². The number of hydrogen-bond acceptors (Lipinski definition) is 1. The molecule has 1 aromatic carbocycles. The Kier molecular flexibility index (Phi) is 6.09. The molecular weight excluding hydrogens is 254 g/mol. The summed E-state index contributed by atoms with van der Waals surface area (Å²) in [4.78, 5) is 2.37. The standard InChI is InChI=1S/C17H26ClN/c1-12(2)14(5)17(11-19(6)13(3)4)15-7-9-16(18)10-8-15/h7-10,12-13,17H,5,11H2,1-4,6H3. The number of benzene rings is 1. The molecule has 0 saturated carbocycles. The third-order valence-electron chi connectivity index (χ3n) is 3.81. The van der Waals surface area contributed by atoms with Crippen LogP contribution in [-0.4, -0.2) is 24.5 Å². The Morgan fingerprint density at radius 3 is 2.11 bits per heavy atom. The molecule has 1 aromatic rings. The van der Waals surface area contributed by atoms with E-state index in [0.717, 1.165) is 11.6 Å². The molecule has 0 aromatic heterocycles. The monoisotopic (exact) mass is 279 g/mol. The van der Waals surface area contributed by atoms with E-state index in [-0.39, 0.29) is 0 Å². The molecule has 106 valence electrons. The highest BCUT2D eigenvalue weighted by Gasteiger charge is 2.20. The lowest BCUT2D eigenvalue weighted by atomic mass is 9.85. The molecular formula is C17H26ClN. The molecule has 1 unspecified atom stereocenters. The first-order valence-corrected chi connectivity index (χ1v) is 7.35. The van der Waals surface area contributed by atoms with Crippen molar-refractivity contribution in [2.24, 2.45) is 5.92 Å². The summed E-state index contributed by atoms with van der Waals surface area (Å²) in [5.41, 5.74) is 2.59. The van der Waals surface area contributed by atoms with Gasteiger partial charge in [-0.3, -0.25) is 0 Å². The molecule has 0 spiro atoms. The van der Waals surface area contributed by atoms with Crippen molar-refractivity contribution in [1.29, 1.82) is 0 Å². The van der Waals surface area contributed by atoms with Gasteiger partial charge in [0.2, 0.25) is 0 Å². The lowest BCUT2D eigenvalue weighted by Gasteiger charge is -2.30. The van der Waals surface area contributed by atoms with Crippen molar-refractivity contribution in [1.82, 2.24) is 4.90 Å². The number of halogens is 1. The SMILES string of the molecule is C=C(C(C)C)C(CN(C)C(C)C)c1ccc(Cl)cc1. The van der Waals surface area contributed by atoms with Crippen LogP contribution < -0.4 is 0 Å². The summed E-state index contributed by atoms with van der Waals surface area (Å²) < 4.78 is 0. The van der Waals surface area contributed by atoms with E-state index in [9.17, 15) is 0 Å². The van der Waals surface area contributed by atoms with E-state index in [1.165, 1.54) is 11.1 Å². The van der Waals surface area contributed by atoms with Gasteiger partial charge in [-0.1, -0.05) is 49.7 Å². The highest BCUT2D eigenvalue weighted by Crippen LogP contribution is 2.30. The second-order valence-corrected chi connectivity index (χ2v) is 6.30. The van der Waals surface area contributed by atoms with Crippen LogP contribution in [0.15, 0.2) is 36.4 Å². The zero-order valence-corrected chi connectivity index (χ0v) is 13.5. The molecule has 0 amide bonds. The molecule has 0 bridgehead atoms. The molecule has 1 rings (SSSR count). The average Bonchev–Trinajstić information content (AvgIpc) is 2.35. The maximum Gasteiger partial charge on any atom is 0.0406 e. The van der Waals surface area contributed by atoms with Gasteiger partial charge in [0, 0.05) is 23.5 Å². The third kappa shape index (κ3) is 4.67. The molecule has 0 aliphatic carbocycles. The van der Waals surface area contributed by atoms with Gasteiger partial charge in [0.1, 0.15) is 0 Å². The van der Waals surface area contributed by atoms with E-state index in [1.807, 2.05) is 12.1 Å². The minimum Gasteiger partial charge on any atom is -0.303 e. The zero-order valence-electron chi connectivity index (χ0n) is 12.8. The van der Waals surface area contributed by atoms with Crippen molar-refractivity contribution >= 4 is 11.6 Å². The van der Waals surface area contributed by atoms with Crippen LogP contribution in [0.4, 0.5) is 0 Å². The van der Waals surface area contributed by atoms with Crippen LogP contribution in [-0.2, 0) is 0 Å². The smallest absolute Gasteiger partial charge is 0.0406 e. The quantitative estimate of drug-likeness (QED) is 0.664. The maximum absolute atomic E-state index is 5.98. The van der Waals surface area contributed by atoms with Crippen molar-refractivity contribution in [3.8, 4) is 0 Å². The van der Waals surface area contributed by atoms with Crippen molar-refractivity contribution in [3.63, 3.8) is 0 Å². The predicted molar refractivity (Wildman–Crippen MR) is 85.9 cm³/mol. The van der Waals surface area contributed by atoms with Gasteiger partial charge in [0.05, 0.1) is 0 Å². The molecule has 19 heavy (non-hydrogen) atoms. The fraction of sp³-hybridized carbons (Fsp3) is 0.529. The Balaban J connectivity index is 2.98. The summed E-state index contributed by atoms with van der Waals surface area (Å²) in [6, 6.07) is 8.71. The Morgan fingerprint density at radius 2 is 1.68 bits per heavy atom. The highest BCUT2D eigenvalue weighted by atomic mass is 35.5. The Labute approximate surface area is 123 Å². The summed E-state index contributed by atoms with van der Waals surface area (Å²) in [6.07, 6.45) is 0. The molecule has 0 saturated heterocycles. The fourth-order valence-corrected chi connectivity index (χ4v) is 2.16. The molecule has 1 atom stereocenters. The number of hydrogen-bond donors (Lipinski definition) is 0. The van der Waals surface area contributed by atoms with Crippen LogP contribution in [0.1, 0.15) is 39.2 Å². The molecule has 0 fully saturated rings. The fourth-order valence-electron chi connectivity index (χ4n) is 2.03. The molecule has 0 heterocycles. The highest BCUT2D eigenvalue weighted by molar-refractivity contribution is 6.30. The first-order chi connectivity index (χ1) is 8.82. The van der Waals surface area contributed by atoms with Gasteiger partial charge in [0.15, 0.2) is 0 Å². The molecule has 0 aliphatic heterocycles. The Hall–Kier alpha value is -0.790. The minimum atomic E-state index is 0.365. The summed E-state index contributed by atoms with van der Waals surface area (Å²) in [5, 5.41) is 0.787. The van der Waals surface area contributed by atoms with Gasteiger partial charge in [-0.2, -0.15) is 0 Å². The topological polar surface area (TPSA) is 3.24 Å². The summed E-state index contributed by atoms with van der Waals surface area (Å²) >= 11 is 5.98. The van der Waals surface area contributed by atoms with Crippen molar-refractivity contribution in [2.75, 3.05) is 13.6 Å². The summed E-state index contributed by atoms with van der Waals surface area (Å²) in [5.74, 6) is 0.853. The molecule has 0 N–H and O–H groups in total. The van der Waals surface area contributed by atoms with Crippen LogP contribution in [0.25, 0.3) is 0 Å². The number of nitrogens with zero attached hydrogens (tertiary/aromatic N) is 1. The van der Waals surface area contributed by atoms with E-state index in [0.29, 0.717) is 17.9 Å². The number of likely N-dealkylation sites (N-methyl/N-ethyl adjacent to an activating group) is 1. The molecule has 2 heteroatoms. The van der Waals surface area contributed by atoms with Gasteiger partial charge >= 0.3 is 0 Å². The van der Waals surface area contributed by atoms with Crippen molar-refractivity contribution in [3.05, 3.63) is 47.0 Å². The van der Waals surface area contributed by atoms with E-state index in [4.69, 9.17) is 11.6 Å². The van der Waals surface area contributed by atoms with Crippen LogP contribution in [0.3, 0.4) is 0 Å². The van der Waals surface area contributed by atoms with E-state index in [1.54, 1.807) is 0 Å². The van der Waals surface area contributed by atoms with Crippen molar-refractivity contribution in [2.45, 2.75) is 39.7 Å². The second kappa shape index (κ2) is 7.12. The van der Waals surface area contributed by atoms with Gasteiger partial charge in [-0.15, -0.1) is 0 Å². The van der Waals surface area contributed by atoms with E-state index >= 15 is 0 Å². The molecule has 0 radical (unpaired) electrons. The predicted octanol–water partition coefficient (Wildman–Crippen LogP) is 4.98. The lowest BCUT2D eigenvalue weighted by Crippen LogP contribution is -2.32. The van der Waals surface area contributed by atoms with Gasteiger partial charge < -0.3 is 4.90 Å². The van der Waals surface area contributed by atoms with Gasteiger partial charge in [-0.25, -0.2) is 0 Å². The Morgan fingerprint density at radius 1 is 1.16 bits per heavy atom. The first kappa shape index (κ1) is 16.3. The van der Waals surface area contributed by atoms with E-state index < -0.39 is 0 Å². The second-order valence-electron chi connectivity index (χ2n) is 5.87. The number of rotatable bonds is 6. The lowest BCUT2D eigenvalue weighted by molar-refractivity contribution is 0.262. The zero-order chi connectivity index (χ0) is 14.6. The Bertz CT molecular complexity index is 406. The maximum atomic E-state index is 5.98. The summed E-state index contributed by atoms with van der Waals surface area (Å²) in [7, 11) is 2.17. The van der Waals surface area contributed by atoms with Gasteiger partial charge in [-0.05, 0) is 44.5 Å². The van der Waals surface area contributed by atoms with Gasteiger partial charge in [0.25, 0.3) is 0 Å². The average molecular weight is 280 g/mol. The molecule has 0 aliphatic rings. The largest absolute Gasteiger partial charge is 0.303 e. The van der Waals surface area contributed by atoms with E-state index in [2.05, 4.69) is 58.4 Å². The third-order valence-corrected chi connectivity index (χ3v) is 4.07. The van der Waals surface area contributed by atoms with Crippen LogP contribution in [0, 0.1) is 5.92 Å². The first-order valence-electron chi connectivity index (χ1n) is 6.97. The normalized spacial score (nSPS) is 13.3. The molecule has 1 nitrogen and oxygen atoms in total. The van der Waals surface area contributed by atoms with Crippen LogP contribution in [0.5, 0.6) is 0 Å². The summed E-state index contributed by atoms with van der Waals surface area (Å²) in [6.45, 7) is 14.2. The van der Waals surface area contributed by atoms with Crippen LogP contribution in [0.2, 0.25) is 5.02 Å².